The number of imidazole rings is 1. The zero-order valence-electron chi connectivity index (χ0n) is 17.8. The third-order valence-corrected chi connectivity index (χ3v) is 7.19. The number of fused-ring (bicyclic) bond motifs is 1. The fourth-order valence-corrected chi connectivity index (χ4v) is 4.73. The molecule has 1 amide bonds. The van der Waals surface area contributed by atoms with Crippen molar-refractivity contribution in [3.05, 3.63) is 77.2 Å². The van der Waals surface area contributed by atoms with Crippen molar-refractivity contribution in [1.29, 1.82) is 0 Å². The molecule has 0 bridgehead atoms. The van der Waals surface area contributed by atoms with Gasteiger partial charge >= 0.3 is 6.09 Å². The van der Waals surface area contributed by atoms with E-state index in [2.05, 4.69) is 32.3 Å². The average molecular weight is 468 g/mol. The number of hydrogen-bond donors (Lipinski definition) is 2. The Labute approximate surface area is 193 Å². The van der Waals surface area contributed by atoms with Crippen LogP contribution in [0.25, 0.3) is 16.7 Å². The molecule has 4 rings (SSSR count). The Hall–Kier alpha value is -3.20. The molecule has 0 saturated carbocycles. The van der Waals surface area contributed by atoms with Crippen LogP contribution in [0.15, 0.2) is 66.0 Å². The Morgan fingerprint density at radius 1 is 1.16 bits per heavy atom. The molecule has 7 nitrogen and oxygen atoms in total. The summed E-state index contributed by atoms with van der Waals surface area (Å²) in [4.78, 5) is 22.1. The zero-order valence-corrected chi connectivity index (χ0v) is 19.4. The van der Waals surface area contributed by atoms with Crippen molar-refractivity contribution in [2.75, 3.05) is 18.7 Å². The largest absolute Gasteiger partial charge is 0.453 e. The molecule has 3 N–H and O–H groups in total. The number of amides is 1. The minimum atomic E-state index is -0.569. The van der Waals surface area contributed by atoms with Crippen LogP contribution in [0.3, 0.4) is 0 Å². The first-order chi connectivity index (χ1) is 15.4. The lowest BCUT2D eigenvalue weighted by Crippen LogP contribution is -2.14. The maximum Gasteiger partial charge on any atom is 0.412 e. The van der Waals surface area contributed by atoms with Crippen molar-refractivity contribution < 1.29 is 9.53 Å². The van der Waals surface area contributed by atoms with Crippen LogP contribution in [0.4, 0.5) is 10.6 Å². The van der Waals surface area contributed by atoms with Crippen molar-refractivity contribution in [2.24, 2.45) is 5.73 Å². The van der Waals surface area contributed by atoms with Crippen LogP contribution >= 0.6 is 22.1 Å². The number of aryl methyl sites for hydroxylation is 1. The number of nitrogens with two attached hydrogens (primary N) is 1. The molecule has 0 spiro atoms. The van der Waals surface area contributed by atoms with Crippen LogP contribution in [0, 0.1) is 6.92 Å². The van der Waals surface area contributed by atoms with Gasteiger partial charge in [-0.1, -0.05) is 11.6 Å². The molecular weight excluding hydrogens is 446 g/mol. The van der Waals surface area contributed by atoms with Crippen LogP contribution in [-0.4, -0.2) is 39.0 Å². The Morgan fingerprint density at radius 3 is 2.56 bits per heavy atom. The predicted octanol–water partition coefficient (Wildman–Crippen LogP) is 4.96. The third kappa shape index (κ3) is 4.38. The van der Waals surface area contributed by atoms with Crippen molar-refractivity contribution in [1.82, 2.24) is 14.5 Å². The lowest BCUT2D eigenvalue weighted by Gasteiger charge is -2.12. The Bertz CT molecular complexity index is 1330. The fourth-order valence-electron chi connectivity index (χ4n) is 3.34. The van der Waals surface area contributed by atoms with Gasteiger partial charge in [-0.25, -0.2) is 14.8 Å². The second kappa shape index (κ2) is 9.12. The minimum Gasteiger partial charge on any atom is -0.453 e. The topological polar surface area (TPSA) is 95.1 Å². The summed E-state index contributed by atoms with van der Waals surface area (Å²) in [6, 6.07) is 15.4. The van der Waals surface area contributed by atoms with E-state index >= 15 is 0 Å². The lowest BCUT2D eigenvalue weighted by atomic mass is 10.1. The fraction of sp³-hybridized carbons (Fsp3) is 0.130. The van der Waals surface area contributed by atoms with E-state index in [1.54, 1.807) is 18.6 Å². The Balaban J connectivity index is 1.75. The van der Waals surface area contributed by atoms with Gasteiger partial charge in [0.15, 0.2) is 0 Å². The molecule has 1 unspecified atom stereocenters. The van der Waals surface area contributed by atoms with Gasteiger partial charge in [0.25, 0.3) is 0 Å². The number of anilines is 1. The molecule has 32 heavy (non-hydrogen) atoms. The maximum atomic E-state index is 11.4. The van der Waals surface area contributed by atoms with E-state index in [-0.39, 0.29) is 10.5 Å². The van der Waals surface area contributed by atoms with Gasteiger partial charge in [-0.05, 0) is 67.3 Å². The standard InChI is InChI=1S/C23H22ClN5O2S/c1-14-10-15(22(25)32(3)18-7-4-16(24)5-8-18)11-19-21(14)27-13-29(19)17-6-9-20(26-12-17)28-23(30)31-2/h4-13H,25H2,1-3H3,(H,26,28,30). The number of ether oxygens (including phenoxy) is 1. The van der Waals surface area contributed by atoms with E-state index in [0.717, 1.165) is 37.7 Å². The summed E-state index contributed by atoms with van der Waals surface area (Å²) in [5.74, 6) is 0.400. The number of pyridine rings is 1. The molecule has 164 valence electrons. The van der Waals surface area contributed by atoms with Crippen molar-refractivity contribution >= 4 is 50.0 Å². The highest BCUT2D eigenvalue weighted by Crippen LogP contribution is 2.29. The third-order valence-electron chi connectivity index (χ3n) is 5.07. The molecule has 2 aromatic carbocycles. The first-order valence-corrected chi connectivity index (χ1v) is 11.7. The highest BCUT2D eigenvalue weighted by atomic mass is 35.5. The number of carbonyl (C=O) groups excluding carboxylic acids is 1. The van der Waals surface area contributed by atoms with Crippen molar-refractivity contribution in [3.63, 3.8) is 0 Å². The van der Waals surface area contributed by atoms with E-state index in [4.69, 9.17) is 17.3 Å². The van der Waals surface area contributed by atoms with E-state index in [9.17, 15) is 4.79 Å². The number of aromatic nitrogens is 3. The summed E-state index contributed by atoms with van der Waals surface area (Å²) < 4.78 is 6.54. The second-order valence-corrected chi connectivity index (χ2v) is 9.49. The van der Waals surface area contributed by atoms with E-state index in [1.807, 2.05) is 47.9 Å². The summed E-state index contributed by atoms with van der Waals surface area (Å²) >= 11 is 6.03. The predicted molar refractivity (Wildman–Crippen MR) is 131 cm³/mol. The number of carbonyl (C=O) groups is 1. The first-order valence-electron chi connectivity index (χ1n) is 9.71. The van der Waals surface area contributed by atoms with Gasteiger partial charge < -0.3 is 4.74 Å². The van der Waals surface area contributed by atoms with E-state index < -0.39 is 6.09 Å². The maximum absolute atomic E-state index is 11.4. The molecule has 0 fully saturated rings. The number of hydrogen-bond acceptors (Lipinski definition) is 4. The summed E-state index contributed by atoms with van der Waals surface area (Å²) in [5, 5.41) is 3.24. The summed E-state index contributed by atoms with van der Waals surface area (Å²) in [7, 11) is 1.01. The van der Waals surface area contributed by atoms with Crippen LogP contribution in [0.2, 0.25) is 5.02 Å². The molecule has 4 aromatic rings. The van der Waals surface area contributed by atoms with Gasteiger partial charge in [-0.3, -0.25) is 15.6 Å². The summed E-state index contributed by atoms with van der Waals surface area (Å²) in [5.41, 5.74) is 11.2. The lowest BCUT2D eigenvalue weighted by molar-refractivity contribution is 0.187. The van der Waals surface area contributed by atoms with E-state index in [0.29, 0.717) is 10.8 Å². The smallest absolute Gasteiger partial charge is 0.412 e. The van der Waals surface area contributed by atoms with Gasteiger partial charge in [0.1, 0.15) is 12.1 Å². The second-order valence-electron chi connectivity index (χ2n) is 7.12. The van der Waals surface area contributed by atoms with Gasteiger partial charge in [-0.15, -0.1) is 10.5 Å². The van der Waals surface area contributed by atoms with Gasteiger partial charge in [0, 0.05) is 20.5 Å². The van der Waals surface area contributed by atoms with Crippen molar-refractivity contribution in [2.45, 2.75) is 11.8 Å². The number of nitrogens with one attached hydrogen (secondary N) is 1. The SMILES string of the molecule is COC(=O)Nc1ccc(-n2cnc3c(C)cc(C(N)=S(C)c4ccc(Cl)cc4)cc32)cn1. The van der Waals surface area contributed by atoms with E-state index in [1.165, 1.54) is 7.11 Å². The van der Waals surface area contributed by atoms with Gasteiger partial charge in [0.2, 0.25) is 0 Å². The van der Waals surface area contributed by atoms with Gasteiger partial charge in [-0.2, -0.15) is 0 Å². The highest BCUT2D eigenvalue weighted by Gasteiger charge is 2.12. The first kappa shape index (κ1) is 22.0. The molecule has 0 aliphatic carbocycles. The molecule has 9 heteroatoms. The molecule has 1 atom stereocenters. The minimum absolute atomic E-state index is 0.296. The monoisotopic (exact) mass is 467 g/mol. The normalized spacial score (nSPS) is 12.5. The Kier molecular flexibility index (Phi) is 6.27. The average Bonchev–Trinajstić information content (AvgIpc) is 3.23. The van der Waals surface area contributed by atoms with Crippen molar-refractivity contribution in [3.8, 4) is 5.69 Å². The number of benzene rings is 2. The summed E-state index contributed by atoms with van der Waals surface area (Å²) in [6.07, 6.45) is 4.96. The zero-order chi connectivity index (χ0) is 22.8. The molecular formula is C23H22ClN5O2S. The molecule has 0 saturated heterocycles. The number of rotatable bonds is 4. The number of methoxy groups -OCH3 is 1. The van der Waals surface area contributed by atoms with Crippen LogP contribution < -0.4 is 11.1 Å². The summed E-state index contributed by atoms with van der Waals surface area (Å²) in [6.45, 7) is 2.02. The quantitative estimate of drug-likeness (QED) is 0.414. The highest BCUT2D eigenvalue weighted by molar-refractivity contribution is 8.15. The molecule has 0 aliphatic heterocycles. The molecule has 2 aromatic heterocycles. The number of nitrogens with zero attached hydrogens (tertiary/aromatic N) is 3. The van der Waals surface area contributed by atoms with Crippen LogP contribution in [0.5, 0.6) is 0 Å². The Morgan fingerprint density at radius 2 is 1.91 bits per heavy atom. The number of halogens is 1. The molecule has 0 radical (unpaired) electrons. The molecule has 2 heterocycles. The van der Waals surface area contributed by atoms with Crippen LogP contribution in [0.1, 0.15) is 11.1 Å². The van der Waals surface area contributed by atoms with Gasteiger partial charge in [0.05, 0.1) is 30.0 Å². The molecule has 0 aliphatic rings. The van der Waals surface area contributed by atoms with Crippen LogP contribution in [-0.2, 0) is 4.74 Å².